The molecule has 148 valence electrons. The van der Waals surface area contributed by atoms with Crippen molar-refractivity contribution in [2.75, 3.05) is 46.9 Å². The van der Waals surface area contributed by atoms with E-state index < -0.39 is 10.0 Å². The van der Waals surface area contributed by atoms with Crippen molar-refractivity contribution >= 4 is 15.9 Å². The number of hydrogen-bond donors (Lipinski definition) is 0. The second-order valence-corrected chi connectivity index (χ2v) is 10.1. The van der Waals surface area contributed by atoms with Crippen molar-refractivity contribution in [1.82, 2.24) is 14.1 Å². The smallest absolute Gasteiger partial charge is 0.243 e. The quantitative estimate of drug-likeness (QED) is 0.764. The van der Waals surface area contributed by atoms with Crippen LogP contribution in [-0.4, -0.2) is 81.4 Å². The van der Waals surface area contributed by atoms with Crippen molar-refractivity contribution in [3.63, 3.8) is 0 Å². The first-order valence-electron chi connectivity index (χ1n) is 9.48. The molecule has 8 heteroatoms. The van der Waals surface area contributed by atoms with Gasteiger partial charge in [0.05, 0.1) is 18.0 Å². The molecule has 27 heavy (non-hydrogen) atoms. The fourth-order valence-electron chi connectivity index (χ4n) is 4.69. The van der Waals surface area contributed by atoms with E-state index in [1.807, 2.05) is 11.9 Å². The van der Waals surface area contributed by atoms with Gasteiger partial charge >= 0.3 is 0 Å². The Morgan fingerprint density at radius 1 is 1.11 bits per heavy atom. The molecule has 1 unspecified atom stereocenters. The summed E-state index contributed by atoms with van der Waals surface area (Å²) in [7, 11) is 0.0373. The maximum atomic E-state index is 12.9. The molecule has 0 aromatic heterocycles. The summed E-state index contributed by atoms with van der Waals surface area (Å²) < 4.78 is 32.3. The van der Waals surface area contributed by atoms with Crippen LogP contribution in [0.25, 0.3) is 0 Å². The maximum absolute atomic E-state index is 12.9. The standard InChI is InChI=1S/C19H27N3O4S/c1-20-12-19(11-17(20)18(23)21-9-3-4-10-21)13-22(14-19)27(24,25)16-7-5-15(26-2)6-8-16/h5-8,17H,3-4,9-14H2,1-2H3. The molecule has 3 aliphatic heterocycles. The summed E-state index contributed by atoms with van der Waals surface area (Å²) in [6, 6.07) is 6.38. The number of hydrogen-bond acceptors (Lipinski definition) is 5. The highest BCUT2D eigenvalue weighted by molar-refractivity contribution is 7.89. The number of rotatable bonds is 4. The molecule has 1 amide bonds. The molecule has 1 spiro atoms. The highest BCUT2D eigenvalue weighted by Gasteiger charge is 2.55. The normalized spacial score (nSPS) is 25.7. The summed E-state index contributed by atoms with van der Waals surface area (Å²) in [6.07, 6.45) is 2.91. The van der Waals surface area contributed by atoms with Gasteiger partial charge in [-0.3, -0.25) is 9.69 Å². The lowest BCUT2D eigenvalue weighted by Gasteiger charge is -2.46. The number of amides is 1. The minimum absolute atomic E-state index is 0.103. The Kier molecular flexibility index (Phi) is 4.68. The predicted molar refractivity (Wildman–Crippen MR) is 101 cm³/mol. The lowest BCUT2D eigenvalue weighted by atomic mass is 9.79. The molecule has 0 saturated carbocycles. The molecule has 3 saturated heterocycles. The summed E-state index contributed by atoms with van der Waals surface area (Å²) in [6.45, 7) is 3.44. The van der Waals surface area contributed by atoms with Gasteiger partial charge in [0.25, 0.3) is 0 Å². The second-order valence-electron chi connectivity index (χ2n) is 8.12. The van der Waals surface area contributed by atoms with Crippen molar-refractivity contribution in [1.29, 1.82) is 0 Å². The molecule has 3 fully saturated rings. The third-order valence-electron chi connectivity index (χ3n) is 6.17. The van der Waals surface area contributed by atoms with E-state index in [9.17, 15) is 13.2 Å². The molecular weight excluding hydrogens is 366 g/mol. The van der Waals surface area contributed by atoms with Crippen LogP contribution in [0.1, 0.15) is 19.3 Å². The molecule has 3 aliphatic rings. The number of ether oxygens (including phenoxy) is 1. The third-order valence-corrected chi connectivity index (χ3v) is 7.97. The topological polar surface area (TPSA) is 70.2 Å². The van der Waals surface area contributed by atoms with Gasteiger partial charge < -0.3 is 9.64 Å². The zero-order valence-corrected chi connectivity index (χ0v) is 16.7. The Labute approximate surface area is 160 Å². The molecular formula is C19H27N3O4S. The lowest BCUT2D eigenvalue weighted by molar-refractivity contribution is -0.134. The van der Waals surface area contributed by atoms with E-state index in [1.165, 1.54) is 4.31 Å². The average molecular weight is 394 g/mol. The van der Waals surface area contributed by atoms with Crippen LogP contribution in [0.5, 0.6) is 5.75 Å². The Morgan fingerprint density at radius 2 is 1.74 bits per heavy atom. The van der Waals surface area contributed by atoms with E-state index in [-0.39, 0.29) is 22.3 Å². The fourth-order valence-corrected chi connectivity index (χ4v) is 6.36. The molecule has 0 aliphatic carbocycles. The van der Waals surface area contributed by atoms with Crippen LogP contribution in [-0.2, 0) is 14.8 Å². The minimum atomic E-state index is -3.50. The number of likely N-dealkylation sites (tertiary alicyclic amines) is 2. The Hall–Kier alpha value is -1.64. The van der Waals surface area contributed by atoms with Gasteiger partial charge in [0.2, 0.25) is 15.9 Å². The predicted octanol–water partition coefficient (Wildman–Crippen LogP) is 1.01. The SMILES string of the molecule is COc1ccc(S(=O)(=O)N2CC3(CC(C(=O)N4CCCC4)N(C)C3)C2)cc1. The zero-order valence-electron chi connectivity index (χ0n) is 15.9. The Bertz CT molecular complexity index is 812. The molecule has 4 rings (SSSR count). The highest BCUT2D eigenvalue weighted by atomic mass is 32.2. The van der Waals surface area contributed by atoms with E-state index >= 15 is 0 Å². The van der Waals surface area contributed by atoms with E-state index in [0.717, 1.165) is 38.9 Å². The number of sulfonamides is 1. The van der Waals surface area contributed by atoms with Gasteiger partial charge in [0, 0.05) is 38.1 Å². The second kappa shape index (κ2) is 6.76. The van der Waals surface area contributed by atoms with Crippen molar-refractivity contribution in [2.24, 2.45) is 5.41 Å². The highest BCUT2D eigenvalue weighted by Crippen LogP contribution is 2.44. The molecule has 3 heterocycles. The third kappa shape index (κ3) is 3.23. The van der Waals surface area contributed by atoms with E-state index in [4.69, 9.17) is 4.74 Å². The van der Waals surface area contributed by atoms with Gasteiger partial charge in [-0.2, -0.15) is 4.31 Å². The Morgan fingerprint density at radius 3 is 2.33 bits per heavy atom. The lowest BCUT2D eigenvalue weighted by Crippen LogP contribution is -2.59. The number of nitrogens with zero attached hydrogens (tertiary/aromatic N) is 3. The van der Waals surface area contributed by atoms with Crippen molar-refractivity contribution < 1.29 is 17.9 Å². The van der Waals surface area contributed by atoms with E-state index in [2.05, 4.69) is 4.90 Å². The molecule has 0 N–H and O–H groups in total. The molecule has 7 nitrogen and oxygen atoms in total. The summed E-state index contributed by atoms with van der Waals surface area (Å²) in [5.41, 5.74) is -0.103. The summed E-state index contributed by atoms with van der Waals surface area (Å²) in [5.74, 6) is 0.845. The zero-order chi connectivity index (χ0) is 19.2. The molecule has 1 aromatic rings. The van der Waals surface area contributed by atoms with Gasteiger partial charge in [0.15, 0.2) is 0 Å². The van der Waals surface area contributed by atoms with Gasteiger partial charge in [-0.05, 0) is 50.6 Å². The Balaban J connectivity index is 1.42. The largest absolute Gasteiger partial charge is 0.497 e. The van der Waals surface area contributed by atoms with Gasteiger partial charge in [-0.1, -0.05) is 0 Å². The van der Waals surface area contributed by atoms with Crippen molar-refractivity contribution in [3.05, 3.63) is 24.3 Å². The summed E-state index contributed by atoms with van der Waals surface area (Å²) in [5, 5.41) is 0. The molecule has 0 radical (unpaired) electrons. The van der Waals surface area contributed by atoms with Crippen molar-refractivity contribution in [3.8, 4) is 5.75 Å². The summed E-state index contributed by atoms with van der Waals surface area (Å²) >= 11 is 0. The van der Waals surface area contributed by atoms with Crippen LogP contribution >= 0.6 is 0 Å². The van der Waals surface area contributed by atoms with E-state index in [0.29, 0.717) is 18.8 Å². The number of carbonyl (C=O) groups is 1. The molecule has 0 bridgehead atoms. The number of benzene rings is 1. The number of carbonyl (C=O) groups excluding carboxylic acids is 1. The van der Waals surface area contributed by atoms with Gasteiger partial charge in [0.1, 0.15) is 5.75 Å². The molecule has 1 atom stereocenters. The summed E-state index contributed by atoms with van der Waals surface area (Å²) in [4.78, 5) is 17.1. The van der Waals surface area contributed by atoms with Crippen LogP contribution in [0.2, 0.25) is 0 Å². The monoisotopic (exact) mass is 393 g/mol. The minimum Gasteiger partial charge on any atom is -0.497 e. The van der Waals surface area contributed by atoms with Crippen molar-refractivity contribution in [2.45, 2.75) is 30.2 Å². The van der Waals surface area contributed by atoms with Crippen LogP contribution in [0.15, 0.2) is 29.2 Å². The van der Waals surface area contributed by atoms with Gasteiger partial charge in [-0.15, -0.1) is 0 Å². The molecule has 1 aromatic carbocycles. The first kappa shape index (κ1) is 18.7. The van der Waals surface area contributed by atoms with Crippen LogP contribution < -0.4 is 4.74 Å². The van der Waals surface area contributed by atoms with E-state index in [1.54, 1.807) is 31.4 Å². The first-order valence-corrected chi connectivity index (χ1v) is 10.9. The first-order chi connectivity index (χ1) is 12.8. The average Bonchev–Trinajstić information content (AvgIpc) is 3.28. The number of methoxy groups -OCH3 is 1. The maximum Gasteiger partial charge on any atom is 0.243 e. The number of likely N-dealkylation sites (N-methyl/N-ethyl adjacent to an activating group) is 1. The van der Waals surface area contributed by atoms with Crippen LogP contribution in [0, 0.1) is 5.41 Å². The van der Waals surface area contributed by atoms with Gasteiger partial charge in [-0.25, -0.2) is 8.42 Å². The fraction of sp³-hybridized carbons (Fsp3) is 0.632. The van der Waals surface area contributed by atoms with Crippen LogP contribution in [0.3, 0.4) is 0 Å². The van der Waals surface area contributed by atoms with Crippen LogP contribution in [0.4, 0.5) is 0 Å².